The maximum atomic E-state index is 12.5. The van der Waals surface area contributed by atoms with E-state index in [0.717, 1.165) is 0 Å². The highest BCUT2D eigenvalue weighted by molar-refractivity contribution is 5.97. The normalized spacial score (nSPS) is 27.3. The van der Waals surface area contributed by atoms with Crippen LogP contribution in [0.4, 0.5) is 0 Å². The molecule has 0 aromatic heterocycles. The number of aromatic hydroxyl groups is 1. The van der Waals surface area contributed by atoms with E-state index in [0.29, 0.717) is 17.7 Å². The number of fused-ring (bicyclic) bond motifs is 1. The summed E-state index contributed by atoms with van der Waals surface area (Å²) in [6.45, 7) is 1.67. The standard InChI is InChI=1S/C19H24O7/c1-11-5-3-7-14(20)18(23)15(21)8-4-6-12-9-13(25-2)10-16(22)17(12)19(24)26-11/h3-4,6-7,9-11,14-15,18,20-23H,5,8H2,1-2H3/t11-,14+,15-,18+/m0/s1. The van der Waals surface area contributed by atoms with Crippen molar-refractivity contribution in [3.8, 4) is 11.5 Å². The van der Waals surface area contributed by atoms with Gasteiger partial charge in [-0.2, -0.15) is 0 Å². The lowest BCUT2D eigenvalue weighted by atomic mass is 10.0. The molecule has 1 aliphatic heterocycles. The summed E-state index contributed by atoms with van der Waals surface area (Å²) in [5, 5.41) is 40.0. The molecule has 4 atom stereocenters. The van der Waals surface area contributed by atoms with Crippen LogP contribution in [-0.2, 0) is 4.74 Å². The van der Waals surface area contributed by atoms with Crippen LogP contribution < -0.4 is 4.74 Å². The van der Waals surface area contributed by atoms with E-state index in [1.165, 1.54) is 31.4 Å². The number of benzene rings is 1. The highest BCUT2D eigenvalue weighted by Crippen LogP contribution is 2.30. The second-order valence-corrected chi connectivity index (χ2v) is 6.18. The van der Waals surface area contributed by atoms with Gasteiger partial charge >= 0.3 is 5.97 Å². The van der Waals surface area contributed by atoms with Gasteiger partial charge in [0.05, 0.1) is 13.2 Å². The quantitative estimate of drug-likeness (QED) is 0.439. The molecule has 1 heterocycles. The average molecular weight is 364 g/mol. The van der Waals surface area contributed by atoms with Gasteiger partial charge in [0, 0.05) is 12.5 Å². The number of carbonyl (C=O) groups excluding carboxylic acids is 1. The van der Waals surface area contributed by atoms with Gasteiger partial charge in [-0.05, 0) is 25.0 Å². The van der Waals surface area contributed by atoms with Gasteiger partial charge in [-0.15, -0.1) is 0 Å². The number of cyclic esters (lactones) is 1. The van der Waals surface area contributed by atoms with Crippen LogP contribution in [0, 0.1) is 0 Å². The van der Waals surface area contributed by atoms with Crippen LogP contribution >= 0.6 is 0 Å². The molecule has 0 bridgehead atoms. The number of rotatable bonds is 1. The predicted octanol–water partition coefficient (Wildman–Crippen LogP) is 1.39. The minimum Gasteiger partial charge on any atom is -0.507 e. The van der Waals surface area contributed by atoms with Crippen molar-refractivity contribution in [2.24, 2.45) is 0 Å². The molecule has 142 valence electrons. The number of phenolic OH excluding ortho intramolecular Hbond substituents is 1. The van der Waals surface area contributed by atoms with E-state index in [-0.39, 0.29) is 17.7 Å². The van der Waals surface area contributed by atoms with Crippen molar-refractivity contribution in [2.45, 2.75) is 44.2 Å². The highest BCUT2D eigenvalue weighted by Gasteiger charge is 2.23. The van der Waals surface area contributed by atoms with Gasteiger partial charge in [0.2, 0.25) is 0 Å². The average Bonchev–Trinajstić information content (AvgIpc) is 2.59. The van der Waals surface area contributed by atoms with E-state index < -0.39 is 30.4 Å². The van der Waals surface area contributed by atoms with Crippen molar-refractivity contribution in [1.82, 2.24) is 0 Å². The zero-order chi connectivity index (χ0) is 19.3. The topological polar surface area (TPSA) is 116 Å². The number of aliphatic hydroxyl groups is 3. The molecule has 0 aliphatic carbocycles. The maximum absolute atomic E-state index is 12.5. The van der Waals surface area contributed by atoms with Gasteiger partial charge in [-0.1, -0.05) is 24.3 Å². The molecule has 0 spiro atoms. The van der Waals surface area contributed by atoms with E-state index >= 15 is 0 Å². The Bertz CT molecular complexity index is 695. The molecule has 7 nitrogen and oxygen atoms in total. The summed E-state index contributed by atoms with van der Waals surface area (Å²) in [6.07, 6.45) is 2.00. The smallest absolute Gasteiger partial charge is 0.342 e. The number of hydrogen-bond acceptors (Lipinski definition) is 7. The van der Waals surface area contributed by atoms with Crippen molar-refractivity contribution in [1.29, 1.82) is 0 Å². The van der Waals surface area contributed by atoms with Crippen LogP contribution in [0.15, 0.2) is 30.4 Å². The van der Waals surface area contributed by atoms with Crippen molar-refractivity contribution in [3.05, 3.63) is 41.5 Å². The molecular weight excluding hydrogens is 340 g/mol. The number of aliphatic hydroxyl groups excluding tert-OH is 3. The third kappa shape index (κ3) is 4.85. The molecule has 1 aromatic carbocycles. The molecule has 1 aliphatic rings. The first-order chi connectivity index (χ1) is 12.3. The fourth-order valence-corrected chi connectivity index (χ4v) is 2.61. The Labute approximate surface area is 151 Å². The Hall–Kier alpha value is -2.35. The number of esters is 1. The van der Waals surface area contributed by atoms with Gasteiger partial charge < -0.3 is 29.9 Å². The molecule has 2 rings (SSSR count). The molecule has 4 N–H and O–H groups in total. The molecule has 0 radical (unpaired) electrons. The summed E-state index contributed by atoms with van der Waals surface area (Å²) in [6, 6.07) is 2.87. The second kappa shape index (κ2) is 8.84. The van der Waals surface area contributed by atoms with E-state index in [4.69, 9.17) is 9.47 Å². The lowest BCUT2D eigenvalue weighted by Gasteiger charge is -2.20. The number of hydrogen-bond donors (Lipinski definition) is 4. The summed E-state index contributed by atoms with van der Waals surface area (Å²) in [5.41, 5.74) is 0.346. The minimum absolute atomic E-state index is 0.00925. The van der Waals surface area contributed by atoms with Gasteiger partial charge in [-0.3, -0.25) is 0 Å². The lowest BCUT2D eigenvalue weighted by molar-refractivity contribution is -0.0394. The fraction of sp³-hybridized carbons (Fsp3) is 0.421. The second-order valence-electron chi connectivity index (χ2n) is 6.18. The van der Waals surface area contributed by atoms with Crippen LogP contribution in [0.2, 0.25) is 0 Å². The largest absolute Gasteiger partial charge is 0.507 e. The SMILES string of the molecule is COc1cc(O)c2c(c1)C=CC[C@H](O)[C@H](O)[C@H](O)C=CC[C@H](C)OC2=O. The van der Waals surface area contributed by atoms with Crippen LogP contribution in [0.1, 0.15) is 35.7 Å². The van der Waals surface area contributed by atoms with Crippen LogP contribution in [0.25, 0.3) is 6.08 Å². The Kier molecular flexibility index (Phi) is 6.79. The number of carbonyl (C=O) groups is 1. The number of phenols is 1. The van der Waals surface area contributed by atoms with Crippen molar-refractivity contribution >= 4 is 12.0 Å². The van der Waals surface area contributed by atoms with Crippen molar-refractivity contribution < 1.29 is 34.7 Å². The first kappa shape index (κ1) is 20.0. The highest BCUT2D eigenvalue weighted by atomic mass is 16.5. The maximum Gasteiger partial charge on any atom is 0.342 e. The van der Waals surface area contributed by atoms with E-state index in [2.05, 4.69) is 0 Å². The summed E-state index contributed by atoms with van der Waals surface area (Å²) < 4.78 is 10.4. The third-order valence-electron chi connectivity index (χ3n) is 4.09. The third-order valence-corrected chi connectivity index (χ3v) is 4.09. The molecule has 1 aromatic rings. The van der Waals surface area contributed by atoms with Crippen molar-refractivity contribution in [2.75, 3.05) is 7.11 Å². The van der Waals surface area contributed by atoms with Gasteiger partial charge in [-0.25, -0.2) is 4.79 Å². The lowest BCUT2D eigenvalue weighted by Crippen LogP contribution is -2.35. The Morgan fingerprint density at radius 3 is 2.58 bits per heavy atom. The summed E-state index contributed by atoms with van der Waals surface area (Å²) in [5.74, 6) is -0.615. The summed E-state index contributed by atoms with van der Waals surface area (Å²) in [4.78, 5) is 12.5. The first-order valence-electron chi connectivity index (χ1n) is 8.32. The number of methoxy groups -OCH3 is 1. The molecule has 0 saturated carbocycles. The molecule has 0 fully saturated rings. The Morgan fingerprint density at radius 2 is 1.88 bits per heavy atom. The molecular formula is C19H24O7. The molecule has 0 saturated heterocycles. The van der Waals surface area contributed by atoms with E-state index in [1.807, 2.05) is 0 Å². The Morgan fingerprint density at radius 1 is 1.15 bits per heavy atom. The van der Waals surface area contributed by atoms with Crippen LogP contribution in [-0.4, -0.2) is 57.9 Å². The molecule has 0 amide bonds. The summed E-state index contributed by atoms with van der Waals surface area (Å²) >= 11 is 0. The minimum atomic E-state index is -1.35. The van der Waals surface area contributed by atoms with E-state index in [9.17, 15) is 25.2 Å². The monoisotopic (exact) mass is 364 g/mol. The molecule has 0 unspecified atom stereocenters. The van der Waals surface area contributed by atoms with Crippen LogP contribution in [0.3, 0.4) is 0 Å². The van der Waals surface area contributed by atoms with Crippen LogP contribution in [0.5, 0.6) is 11.5 Å². The first-order valence-corrected chi connectivity index (χ1v) is 8.32. The predicted molar refractivity (Wildman–Crippen MR) is 95.0 cm³/mol. The zero-order valence-corrected chi connectivity index (χ0v) is 14.7. The number of ether oxygens (including phenoxy) is 2. The van der Waals surface area contributed by atoms with Gasteiger partial charge in [0.15, 0.2) is 0 Å². The van der Waals surface area contributed by atoms with Gasteiger partial charge in [0.25, 0.3) is 0 Å². The Balaban J connectivity index is 2.44. The zero-order valence-electron chi connectivity index (χ0n) is 14.7. The molecule has 7 heteroatoms. The molecule has 26 heavy (non-hydrogen) atoms. The van der Waals surface area contributed by atoms with Gasteiger partial charge in [0.1, 0.15) is 35.4 Å². The summed E-state index contributed by atoms with van der Waals surface area (Å²) in [7, 11) is 1.43. The van der Waals surface area contributed by atoms with E-state index in [1.54, 1.807) is 19.1 Å². The van der Waals surface area contributed by atoms with Crippen molar-refractivity contribution in [3.63, 3.8) is 0 Å². The fourth-order valence-electron chi connectivity index (χ4n) is 2.61.